The van der Waals surface area contributed by atoms with Crippen molar-refractivity contribution in [1.82, 2.24) is 9.97 Å². The van der Waals surface area contributed by atoms with Crippen molar-refractivity contribution in [2.45, 2.75) is 18.4 Å². The first-order chi connectivity index (χ1) is 9.56. The van der Waals surface area contributed by atoms with Gasteiger partial charge in [0.1, 0.15) is 5.82 Å². The number of H-pyrrole nitrogens is 1. The van der Waals surface area contributed by atoms with Crippen LogP contribution in [-0.4, -0.2) is 14.9 Å². The van der Waals surface area contributed by atoms with E-state index in [-0.39, 0.29) is 11.2 Å². The maximum absolute atomic E-state index is 12.0. The molecule has 20 heavy (non-hydrogen) atoms. The number of fused-ring (bicyclic) bond motifs is 1. The van der Waals surface area contributed by atoms with Crippen molar-refractivity contribution in [3.8, 4) is 11.4 Å². The Bertz CT molecular complexity index is 770. The van der Waals surface area contributed by atoms with E-state index in [0.717, 1.165) is 11.3 Å². The van der Waals surface area contributed by atoms with E-state index in [1.807, 2.05) is 6.92 Å². The highest BCUT2D eigenvalue weighted by Crippen LogP contribution is 2.29. The van der Waals surface area contributed by atoms with Gasteiger partial charge in [0.15, 0.2) is 0 Å². The molecule has 3 rings (SSSR count). The molecule has 6 nitrogen and oxygen atoms in total. The normalized spacial score (nSPS) is 13.2. The van der Waals surface area contributed by atoms with Crippen LogP contribution in [-0.2, 0) is 11.5 Å². The summed E-state index contributed by atoms with van der Waals surface area (Å²) in [6, 6.07) is 4.55. The summed E-state index contributed by atoms with van der Waals surface area (Å²) >= 11 is 1.64. The number of thioether (sulfide) groups is 1. The van der Waals surface area contributed by atoms with Gasteiger partial charge in [0.2, 0.25) is 0 Å². The molecule has 1 N–H and O–H groups in total. The summed E-state index contributed by atoms with van der Waals surface area (Å²) in [6.45, 7) is 1.83. The molecule has 7 heteroatoms. The van der Waals surface area contributed by atoms with E-state index in [0.29, 0.717) is 28.5 Å². The van der Waals surface area contributed by atoms with Crippen molar-refractivity contribution in [1.29, 1.82) is 0 Å². The summed E-state index contributed by atoms with van der Waals surface area (Å²) in [7, 11) is 0. The Morgan fingerprint density at radius 2 is 2.20 bits per heavy atom. The molecule has 0 aliphatic carbocycles. The largest absolute Gasteiger partial charge is 0.306 e. The van der Waals surface area contributed by atoms with Crippen molar-refractivity contribution in [3.63, 3.8) is 0 Å². The first kappa shape index (κ1) is 12.9. The average Bonchev–Trinajstić information content (AvgIpc) is 2.87. The van der Waals surface area contributed by atoms with E-state index in [1.165, 1.54) is 12.1 Å². The summed E-state index contributed by atoms with van der Waals surface area (Å²) in [5, 5.41) is 10.9. The van der Waals surface area contributed by atoms with Crippen LogP contribution in [0.15, 0.2) is 23.0 Å². The molecule has 0 fully saturated rings. The van der Waals surface area contributed by atoms with Crippen molar-refractivity contribution in [3.05, 3.63) is 55.5 Å². The van der Waals surface area contributed by atoms with E-state index in [1.54, 1.807) is 17.8 Å². The number of nitro benzene ring substituents is 1. The molecule has 0 amide bonds. The zero-order valence-electron chi connectivity index (χ0n) is 10.7. The summed E-state index contributed by atoms with van der Waals surface area (Å²) < 4.78 is 0. The lowest BCUT2D eigenvalue weighted by Crippen LogP contribution is -2.15. The van der Waals surface area contributed by atoms with Gasteiger partial charge < -0.3 is 4.98 Å². The van der Waals surface area contributed by atoms with Gasteiger partial charge in [0.05, 0.1) is 10.6 Å². The number of aromatic amines is 1. The molecule has 1 aliphatic heterocycles. The van der Waals surface area contributed by atoms with Crippen LogP contribution in [0.4, 0.5) is 5.69 Å². The fourth-order valence-corrected chi connectivity index (χ4v) is 3.20. The minimum absolute atomic E-state index is 0.0110. The third-order valence-corrected chi connectivity index (χ3v) is 4.24. The minimum Gasteiger partial charge on any atom is -0.306 e. The minimum atomic E-state index is -0.454. The highest BCUT2D eigenvalue weighted by molar-refractivity contribution is 7.98. The van der Waals surface area contributed by atoms with E-state index in [4.69, 9.17) is 0 Å². The number of nitro groups is 1. The molecular weight excluding hydrogens is 278 g/mol. The second kappa shape index (κ2) is 4.75. The summed E-state index contributed by atoms with van der Waals surface area (Å²) in [4.78, 5) is 29.6. The quantitative estimate of drug-likeness (QED) is 0.677. The predicted molar refractivity (Wildman–Crippen MR) is 76.7 cm³/mol. The molecule has 0 spiro atoms. The number of rotatable bonds is 2. The van der Waals surface area contributed by atoms with E-state index in [9.17, 15) is 14.9 Å². The number of hydrogen-bond donors (Lipinski definition) is 1. The van der Waals surface area contributed by atoms with Crippen molar-refractivity contribution >= 4 is 17.4 Å². The smallest absolute Gasteiger partial charge is 0.270 e. The molecule has 0 unspecified atom stereocenters. The SMILES string of the molecule is Cc1ccc([N+](=O)[O-])cc1-c1nc2c(c(=O)[nH]1)CSC2. The lowest BCUT2D eigenvalue weighted by Gasteiger charge is -2.06. The van der Waals surface area contributed by atoms with Gasteiger partial charge in [-0.1, -0.05) is 6.07 Å². The molecule has 1 aromatic heterocycles. The van der Waals surface area contributed by atoms with Crippen molar-refractivity contribution < 1.29 is 4.92 Å². The Hall–Kier alpha value is -2.15. The monoisotopic (exact) mass is 289 g/mol. The van der Waals surface area contributed by atoms with Gasteiger partial charge in [0, 0.05) is 34.8 Å². The molecule has 1 aliphatic rings. The number of hydrogen-bond acceptors (Lipinski definition) is 5. The lowest BCUT2D eigenvalue weighted by molar-refractivity contribution is -0.384. The zero-order valence-corrected chi connectivity index (χ0v) is 11.5. The third-order valence-electron chi connectivity index (χ3n) is 3.27. The van der Waals surface area contributed by atoms with Crippen LogP contribution in [0.3, 0.4) is 0 Å². The number of aryl methyl sites for hydroxylation is 1. The molecule has 0 radical (unpaired) electrons. The summed E-state index contributed by atoms with van der Waals surface area (Å²) in [6.07, 6.45) is 0. The van der Waals surface area contributed by atoms with E-state index in [2.05, 4.69) is 9.97 Å². The fraction of sp³-hybridized carbons (Fsp3) is 0.231. The van der Waals surface area contributed by atoms with Gasteiger partial charge in [-0.3, -0.25) is 14.9 Å². The number of nitrogens with zero attached hydrogens (tertiary/aromatic N) is 2. The van der Waals surface area contributed by atoms with E-state index < -0.39 is 4.92 Å². The Labute approximate surface area is 118 Å². The van der Waals surface area contributed by atoms with Crippen molar-refractivity contribution in [2.24, 2.45) is 0 Å². The molecule has 2 aromatic rings. The highest BCUT2D eigenvalue weighted by atomic mass is 32.2. The van der Waals surface area contributed by atoms with E-state index >= 15 is 0 Å². The second-order valence-electron chi connectivity index (χ2n) is 4.59. The van der Waals surface area contributed by atoms with Crippen LogP contribution in [0.25, 0.3) is 11.4 Å². The van der Waals surface area contributed by atoms with Crippen molar-refractivity contribution in [2.75, 3.05) is 0 Å². The Morgan fingerprint density at radius 3 is 2.95 bits per heavy atom. The van der Waals surface area contributed by atoms with Crippen LogP contribution >= 0.6 is 11.8 Å². The molecule has 102 valence electrons. The molecule has 2 heterocycles. The molecule has 0 atom stereocenters. The predicted octanol–water partition coefficient (Wildman–Crippen LogP) is 2.40. The maximum atomic E-state index is 12.0. The second-order valence-corrected chi connectivity index (χ2v) is 5.57. The zero-order chi connectivity index (χ0) is 14.3. The van der Waals surface area contributed by atoms with Crippen LogP contribution in [0.2, 0.25) is 0 Å². The maximum Gasteiger partial charge on any atom is 0.270 e. The van der Waals surface area contributed by atoms with Gasteiger partial charge >= 0.3 is 0 Å². The number of benzene rings is 1. The molecular formula is C13H11N3O3S. The molecule has 0 bridgehead atoms. The van der Waals surface area contributed by atoms with Gasteiger partial charge in [-0.15, -0.1) is 0 Å². The first-order valence-electron chi connectivity index (χ1n) is 6.01. The third kappa shape index (κ3) is 2.09. The first-order valence-corrected chi connectivity index (χ1v) is 7.17. The average molecular weight is 289 g/mol. The number of non-ortho nitro benzene ring substituents is 1. The number of aromatic nitrogens is 2. The Kier molecular flexibility index (Phi) is 3.06. The molecule has 1 aromatic carbocycles. The van der Waals surface area contributed by atoms with Gasteiger partial charge in [0.25, 0.3) is 11.2 Å². The van der Waals surface area contributed by atoms with Gasteiger partial charge in [-0.05, 0) is 12.5 Å². The van der Waals surface area contributed by atoms with Crippen LogP contribution < -0.4 is 5.56 Å². The summed E-state index contributed by atoms with van der Waals surface area (Å²) in [5.74, 6) is 1.78. The highest BCUT2D eigenvalue weighted by Gasteiger charge is 2.19. The topological polar surface area (TPSA) is 88.9 Å². The number of nitrogens with one attached hydrogen (secondary N) is 1. The standard InChI is InChI=1S/C13H11N3O3S/c1-7-2-3-8(16(18)19)4-9(7)12-14-11-6-20-5-10(11)13(17)15-12/h2-4H,5-6H2,1H3,(H,14,15,17). The van der Waals surface area contributed by atoms with Crippen LogP contribution in [0, 0.1) is 17.0 Å². The Balaban J connectivity index is 2.19. The van der Waals surface area contributed by atoms with Crippen LogP contribution in [0.1, 0.15) is 16.8 Å². The molecule has 0 saturated heterocycles. The van der Waals surface area contributed by atoms with Crippen LogP contribution in [0.5, 0.6) is 0 Å². The molecule has 0 saturated carbocycles. The van der Waals surface area contributed by atoms with Gasteiger partial charge in [-0.25, -0.2) is 4.98 Å². The Morgan fingerprint density at radius 1 is 1.40 bits per heavy atom. The fourth-order valence-electron chi connectivity index (χ4n) is 2.17. The van der Waals surface area contributed by atoms with Gasteiger partial charge in [-0.2, -0.15) is 11.8 Å². The lowest BCUT2D eigenvalue weighted by atomic mass is 10.1. The summed E-state index contributed by atoms with van der Waals surface area (Å²) in [5.41, 5.74) is 2.76.